The molecule has 0 unspecified atom stereocenters. The van der Waals surface area contributed by atoms with Gasteiger partial charge < -0.3 is 5.11 Å². The van der Waals surface area contributed by atoms with Gasteiger partial charge in [-0.15, -0.1) is 0 Å². The number of fused-ring (bicyclic) bond motifs is 1. The molecule has 2 saturated heterocycles. The fraction of sp³-hybridized carbons (Fsp3) is 0.625. The number of hydrogen-bond donors (Lipinski definition) is 1. The van der Waals surface area contributed by atoms with Crippen LogP contribution in [0.25, 0.3) is 0 Å². The second-order valence-electron chi connectivity index (χ2n) is 6.63. The van der Waals surface area contributed by atoms with E-state index < -0.39 is 15.8 Å². The van der Waals surface area contributed by atoms with Crippen molar-refractivity contribution in [3.05, 3.63) is 29.6 Å². The summed E-state index contributed by atoms with van der Waals surface area (Å²) in [6.07, 6.45) is 0.768. The smallest absolute Gasteiger partial charge is 0.317 e. The van der Waals surface area contributed by atoms with Crippen molar-refractivity contribution in [2.75, 3.05) is 37.7 Å². The number of aliphatic carboxylic acids is 1. The number of sulfone groups is 1. The molecule has 0 bridgehead atoms. The average Bonchev–Trinajstić information content (AvgIpc) is 2.82. The highest BCUT2D eigenvalue weighted by atomic mass is 32.2. The van der Waals surface area contributed by atoms with E-state index in [4.69, 9.17) is 5.11 Å². The SMILES string of the molecule is Cc1cccc(CCN2CCN(CC(=O)O)[C@@H]3CS(=O)(=O)C[C@@H]32)n1. The van der Waals surface area contributed by atoms with Crippen molar-refractivity contribution in [3.8, 4) is 0 Å². The third-order valence-electron chi connectivity index (χ3n) is 4.85. The van der Waals surface area contributed by atoms with Crippen LogP contribution < -0.4 is 0 Å². The molecule has 0 radical (unpaired) electrons. The molecular formula is C16H23N3O4S. The van der Waals surface area contributed by atoms with Gasteiger partial charge in [-0.05, 0) is 19.1 Å². The molecule has 7 nitrogen and oxygen atoms in total. The number of aromatic nitrogens is 1. The topological polar surface area (TPSA) is 90.8 Å². The van der Waals surface area contributed by atoms with Crippen molar-refractivity contribution in [1.82, 2.24) is 14.8 Å². The van der Waals surface area contributed by atoms with Gasteiger partial charge in [0.05, 0.1) is 18.1 Å². The second-order valence-corrected chi connectivity index (χ2v) is 8.79. The van der Waals surface area contributed by atoms with E-state index in [1.807, 2.05) is 25.1 Å². The van der Waals surface area contributed by atoms with Gasteiger partial charge in [0, 0.05) is 49.5 Å². The third-order valence-corrected chi connectivity index (χ3v) is 6.54. The molecule has 0 aromatic carbocycles. The Morgan fingerprint density at radius 1 is 1.25 bits per heavy atom. The van der Waals surface area contributed by atoms with Crippen LogP contribution in [0.15, 0.2) is 18.2 Å². The van der Waals surface area contributed by atoms with E-state index >= 15 is 0 Å². The Labute approximate surface area is 142 Å². The molecule has 3 heterocycles. The zero-order chi connectivity index (χ0) is 17.3. The first-order valence-corrected chi connectivity index (χ1v) is 9.99. The Hall–Kier alpha value is -1.51. The monoisotopic (exact) mass is 353 g/mol. The molecule has 1 aromatic rings. The molecule has 8 heteroatoms. The van der Waals surface area contributed by atoms with Crippen LogP contribution in [0.4, 0.5) is 0 Å². The van der Waals surface area contributed by atoms with E-state index in [0.29, 0.717) is 13.1 Å². The lowest BCUT2D eigenvalue weighted by molar-refractivity contribution is -0.139. The number of carboxylic acids is 1. The van der Waals surface area contributed by atoms with Crippen molar-refractivity contribution < 1.29 is 18.3 Å². The summed E-state index contributed by atoms with van der Waals surface area (Å²) < 4.78 is 24.2. The maximum Gasteiger partial charge on any atom is 0.317 e. The molecule has 1 N–H and O–H groups in total. The Morgan fingerprint density at radius 2 is 1.92 bits per heavy atom. The maximum atomic E-state index is 12.1. The number of nitrogens with zero attached hydrogens (tertiary/aromatic N) is 3. The van der Waals surface area contributed by atoms with E-state index in [1.54, 1.807) is 4.90 Å². The van der Waals surface area contributed by atoms with Gasteiger partial charge in [-0.3, -0.25) is 19.6 Å². The number of piperazine rings is 1. The number of hydrogen-bond acceptors (Lipinski definition) is 6. The second kappa shape index (κ2) is 6.78. The first-order chi connectivity index (χ1) is 11.3. The minimum absolute atomic E-state index is 0.0597. The molecule has 0 spiro atoms. The van der Waals surface area contributed by atoms with Gasteiger partial charge in [0.2, 0.25) is 0 Å². The summed E-state index contributed by atoms with van der Waals surface area (Å²) in [7, 11) is -3.11. The highest BCUT2D eigenvalue weighted by Crippen LogP contribution is 2.26. The molecule has 1 aromatic heterocycles. The zero-order valence-corrected chi connectivity index (χ0v) is 14.6. The van der Waals surface area contributed by atoms with Gasteiger partial charge >= 0.3 is 5.97 Å². The van der Waals surface area contributed by atoms with Crippen LogP contribution in [-0.4, -0.2) is 84.0 Å². The van der Waals surface area contributed by atoms with Crippen LogP contribution in [-0.2, 0) is 21.1 Å². The van der Waals surface area contributed by atoms with Crippen molar-refractivity contribution in [1.29, 1.82) is 0 Å². The number of carbonyl (C=O) groups is 1. The first-order valence-electron chi connectivity index (χ1n) is 8.17. The number of carboxylic acid groups (broad SMARTS) is 1. The van der Waals surface area contributed by atoms with Crippen LogP contribution in [0.5, 0.6) is 0 Å². The lowest BCUT2D eigenvalue weighted by Gasteiger charge is -2.43. The van der Waals surface area contributed by atoms with E-state index in [2.05, 4.69) is 9.88 Å². The quantitative estimate of drug-likeness (QED) is 0.784. The van der Waals surface area contributed by atoms with Crippen molar-refractivity contribution >= 4 is 15.8 Å². The summed E-state index contributed by atoms with van der Waals surface area (Å²) in [4.78, 5) is 19.5. The summed E-state index contributed by atoms with van der Waals surface area (Å²) in [5, 5.41) is 9.05. The Balaban J connectivity index is 1.70. The molecule has 24 heavy (non-hydrogen) atoms. The van der Waals surface area contributed by atoms with Crippen LogP contribution in [0.2, 0.25) is 0 Å². The molecule has 2 aliphatic rings. The van der Waals surface area contributed by atoms with Crippen LogP contribution >= 0.6 is 0 Å². The molecule has 2 aliphatic heterocycles. The third kappa shape index (κ3) is 3.93. The Bertz CT molecular complexity index is 722. The summed E-state index contributed by atoms with van der Waals surface area (Å²) in [5.41, 5.74) is 1.97. The predicted molar refractivity (Wildman–Crippen MR) is 89.7 cm³/mol. The molecule has 0 amide bonds. The Kier molecular flexibility index (Phi) is 4.89. The molecule has 2 fully saturated rings. The maximum absolute atomic E-state index is 12.1. The van der Waals surface area contributed by atoms with E-state index in [1.165, 1.54) is 0 Å². The fourth-order valence-corrected chi connectivity index (χ4v) is 5.78. The zero-order valence-electron chi connectivity index (χ0n) is 13.8. The Morgan fingerprint density at radius 3 is 2.58 bits per heavy atom. The first kappa shape index (κ1) is 17.3. The summed E-state index contributed by atoms with van der Waals surface area (Å²) in [5.74, 6) is -0.727. The summed E-state index contributed by atoms with van der Waals surface area (Å²) >= 11 is 0. The largest absolute Gasteiger partial charge is 0.480 e. The number of pyridine rings is 1. The summed E-state index contributed by atoms with van der Waals surface area (Å²) in [6, 6.07) is 5.58. The van der Waals surface area contributed by atoms with Gasteiger partial charge in [0.25, 0.3) is 0 Å². The van der Waals surface area contributed by atoms with Crippen LogP contribution in [0.3, 0.4) is 0 Å². The normalized spacial score (nSPS) is 27.0. The molecule has 0 aliphatic carbocycles. The van der Waals surface area contributed by atoms with E-state index in [0.717, 1.165) is 24.4 Å². The minimum atomic E-state index is -3.11. The molecular weight excluding hydrogens is 330 g/mol. The standard InChI is InChI=1S/C16H23N3O4S/c1-12-3-2-4-13(17-12)5-6-18-7-8-19(9-16(20)21)15-11-24(22,23)10-14(15)18/h2-4,14-15H,5-11H2,1H3,(H,20,21)/t14-,15+/m0/s1. The average molecular weight is 353 g/mol. The number of rotatable bonds is 5. The highest BCUT2D eigenvalue weighted by Gasteiger charge is 2.46. The van der Waals surface area contributed by atoms with Gasteiger partial charge in [0.1, 0.15) is 0 Å². The van der Waals surface area contributed by atoms with Crippen LogP contribution in [0, 0.1) is 6.92 Å². The van der Waals surface area contributed by atoms with Gasteiger partial charge in [-0.25, -0.2) is 8.42 Å². The van der Waals surface area contributed by atoms with E-state index in [9.17, 15) is 13.2 Å². The van der Waals surface area contributed by atoms with Gasteiger partial charge in [0.15, 0.2) is 9.84 Å². The van der Waals surface area contributed by atoms with Crippen molar-refractivity contribution in [2.45, 2.75) is 25.4 Å². The van der Waals surface area contributed by atoms with Crippen molar-refractivity contribution in [3.63, 3.8) is 0 Å². The molecule has 2 atom stereocenters. The molecule has 132 valence electrons. The lowest BCUT2D eigenvalue weighted by atomic mass is 10.0. The minimum Gasteiger partial charge on any atom is -0.480 e. The lowest BCUT2D eigenvalue weighted by Crippen LogP contribution is -2.60. The summed E-state index contributed by atoms with van der Waals surface area (Å²) in [6.45, 7) is 3.88. The van der Waals surface area contributed by atoms with Gasteiger partial charge in [-0.1, -0.05) is 6.07 Å². The highest BCUT2D eigenvalue weighted by molar-refractivity contribution is 7.91. The molecule has 3 rings (SSSR count). The predicted octanol–water partition coefficient (Wildman–Crippen LogP) is -0.200. The fourth-order valence-electron chi connectivity index (χ4n) is 3.74. The van der Waals surface area contributed by atoms with Crippen molar-refractivity contribution in [2.24, 2.45) is 0 Å². The van der Waals surface area contributed by atoms with E-state index in [-0.39, 0.29) is 30.1 Å². The van der Waals surface area contributed by atoms with Gasteiger partial charge in [-0.2, -0.15) is 0 Å². The number of aryl methyl sites for hydroxylation is 1. The molecule has 0 saturated carbocycles. The van der Waals surface area contributed by atoms with Crippen LogP contribution in [0.1, 0.15) is 11.4 Å².